The molecular formula is C21H25Cl2N3O4S. The summed E-state index contributed by atoms with van der Waals surface area (Å²) in [6.07, 6.45) is 0. The minimum absolute atomic E-state index is 0.0364. The largest absolute Gasteiger partial charge is 0.379 e. The molecule has 1 atom stereocenters. The summed E-state index contributed by atoms with van der Waals surface area (Å²) >= 11 is 12.3. The van der Waals surface area contributed by atoms with Gasteiger partial charge in [-0.25, -0.2) is 12.7 Å². The highest BCUT2D eigenvalue weighted by atomic mass is 35.5. The standard InChI is InChI=1S/C21H25Cl2N3O4S/c1-25(2)31(28,29)20-12-16(17(22)13-18(20)23)21(27)24-14-19(15-6-4-3-5-7-15)26-8-10-30-11-9-26/h3-7,12-13,19H,8-11,14H2,1-2H3,(H,24,27). The van der Waals surface area contributed by atoms with E-state index in [1.165, 1.54) is 26.2 Å². The maximum absolute atomic E-state index is 13.0. The number of benzene rings is 2. The summed E-state index contributed by atoms with van der Waals surface area (Å²) < 4.78 is 31.6. The van der Waals surface area contributed by atoms with Gasteiger partial charge < -0.3 is 10.1 Å². The molecule has 31 heavy (non-hydrogen) atoms. The van der Waals surface area contributed by atoms with Gasteiger partial charge in [0, 0.05) is 33.7 Å². The third kappa shape index (κ3) is 5.58. The van der Waals surface area contributed by atoms with Gasteiger partial charge in [-0.2, -0.15) is 0 Å². The van der Waals surface area contributed by atoms with Crippen LogP contribution in [0, 0.1) is 0 Å². The van der Waals surface area contributed by atoms with Gasteiger partial charge in [-0.05, 0) is 17.7 Å². The van der Waals surface area contributed by atoms with E-state index in [1.54, 1.807) is 0 Å². The number of ether oxygens (including phenoxy) is 1. The van der Waals surface area contributed by atoms with Crippen LogP contribution in [0.3, 0.4) is 0 Å². The van der Waals surface area contributed by atoms with Crippen LogP contribution >= 0.6 is 23.2 Å². The molecule has 1 saturated heterocycles. The molecule has 2 aromatic carbocycles. The Labute approximate surface area is 192 Å². The average Bonchev–Trinajstić information content (AvgIpc) is 2.75. The Morgan fingerprint density at radius 1 is 1.13 bits per heavy atom. The van der Waals surface area contributed by atoms with E-state index >= 15 is 0 Å². The second-order valence-corrected chi connectivity index (χ2v) is 10.3. The van der Waals surface area contributed by atoms with E-state index in [-0.39, 0.29) is 26.5 Å². The van der Waals surface area contributed by atoms with Gasteiger partial charge in [0.15, 0.2) is 0 Å². The quantitative estimate of drug-likeness (QED) is 0.651. The molecule has 1 fully saturated rings. The van der Waals surface area contributed by atoms with Crippen LogP contribution in [0.25, 0.3) is 0 Å². The lowest BCUT2D eigenvalue weighted by molar-refractivity contribution is 0.0162. The van der Waals surface area contributed by atoms with Crippen molar-refractivity contribution >= 4 is 39.1 Å². The van der Waals surface area contributed by atoms with Crippen LogP contribution in [0.2, 0.25) is 10.0 Å². The number of carbonyl (C=O) groups excluding carboxylic acids is 1. The summed E-state index contributed by atoms with van der Waals surface area (Å²) in [5.74, 6) is -0.467. The Bertz CT molecular complexity index is 1030. The van der Waals surface area contributed by atoms with E-state index in [4.69, 9.17) is 27.9 Å². The highest BCUT2D eigenvalue weighted by Gasteiger charge is 2.26. The Morgan fingerprint density at radius 2 is 1.77 bits per heavy atom. The van der Waals surface area contributed by atoms with Crippen molar-refractivity contribution in [3.8, 4) is 0 Å². The zero-order chi connectivity index (χ0) is 22.6. The molecule has 0 aromatic heterocycles. The summed E-state index contributed by atoms with van der Waals surface area (Å²) in [6, 6.07) is 12.3. The summed E-state index contributed by atoms with van der Waals surface area (Å²) in [6.45, 7) is 3.10. The molecule has 0 saturated carbocycles. The van der Waals surface area contributed by atoms with Crippen molar-refractivity contribution in [1.29, 1.82) is 0 Å². The van der Waals surface area contributed by atoms with Crippen molar-refractivity contribution < 1.29 is 17.9 Å². The van der Waals surface area contributed by atoms with Crippen LogP contribution < -0.4 is 5.32 Å². The number of nitrogens with zero attached hydrogens (tertiary/aromatic N) is 2. The van der Waals surface area contributed by atoms with Crippen molar-refractivity contribution in [2.75, 3.05) is 46.9 Å². The molecule has 10 heteroatoms. The summed E-state index contributed by atoms with van der Waals surface area (Å²) in [5, 5.41) is 2.96. The fraction of sp³-hybridized carbons (Fsp3) is 0.381. The number of halogens is 2. The van der Waals surface area contributed by atoms with E-state index in [0.29, 0.717) is 19.8 Å². The van der Waals surface area contributed by atoms with Gasteiger partial charge in [0.1, 0.15) is 4.90 Å². The van der Waals surface area contributed by atoms with E-state index in [2.05, 4.69) is 10.2 Å². The van der Waals surface area contributed by atoms with Crippen molar-refractivity contribution in [2.24, 2.45) is 0 Å². The van der Waals surface area contributed by atoms with Gasteiger partial charge in [0.2, 0.25) is 10.0 Å². The topological polar surface area (TPSA) is 79.0 Å². The number of morpholine rings is 1. The van der Waals surface area contributed by atoms with Crippen LogP contribution in [-0.4, -0.2) is 70.5 Å². The van der Waals surface area contributed by atoms with Crippen LogP contribution in [0.1, 0.15) is 22.0 Å². The molecule has 1 amide bonds. The first-order valence-corrected chi connectivity index (χ1v) is 12.0. The molecule has 168 valence electrons. The fourth-order valence-corrected chi connectivity index (χ4v) is 5.13. The molecule has 1 heterocycles. The Morgan fingerprint density at radius 3 is 2.39 bits per heavy atom. The highest BCUT2D eigenvalue weighted by Crippen LogP contribution is 2.30. The predicted octanol–water partition coefficient (Wildman–Crippen LogP) is 3.05. The van der Waals surface area contributed by atoms with E-state index < -0.39 is 15.9 Å². The number of sulfonamides is 1. The Kier molecular flexibility index (Phi) is 7.96. The molecule has 0 bridgehead atoms. The van der Waals surface area contributed by atoms with E-state index in [0.717, 1.165) is 23.0 Å². The lowest BCUT2D eigenvalue weighted by Gasteiger charge is -2.35. The lowest BCUT2D eigenvalue weighted by Crippen LogP contribution is -2.43. The third-order valence-corrected chi connectivity index (χ3v) is 7.74. The fourth-order valence-electron chi connectivity index (χ4n) is 3.40. The summed E-state index contributed by atoms with van der Waals surface area (Å²) in [5.41, 5.74) is 1.13. The molecule has 1 aliphatic rings. The number of amides is 1. The van der Waals surface area contributed by atoms with Crippen molar-refractivity contribution in [3.05, 3.63) is 63.6 Å². The first kappa shape index (κ1) is 24.0. The minimum atomic E-state index is -3.83. The maximum Gasteiger partial charge on any atom is 0.252 e. The zero-order valence-corrected chi connectivity index (χ0v) is 19.7. The van der Waals surface area contributed by atoms with Crippen LogP contribution in [-0.2, 0) is 14.8 Å². The predicted molar refractivity (Wildman–Crippen MR) is 121 cm³/mol. The molecule has 0 radical (unpaired) electrons. The second kappa shape index (κ2) is 10.3. The molecule has 2 aromatic rings. The average molecular weight is 486 g/mol. The van der Waals surface area contributed by atoms with Crippen molar-refractivity contribution in [3.63, 3.8) is 0 Å². The maximum atomic E-state index is 13.0. The van der Waals surface area contributed by atoms with Crippen LogP contribution in [0.15, 0.2) is 47.4 Å². The zero-order valence-electron chi connectivity index (χ0n) is 17.3. The monoisotopic (exact) mass is 485 g/mol. The Hall–Kier alpha value is -1.68. The third-order valence-electron chi connectivity index (χ3n) is 5.15. The highest BCUT2D eigenvalue weighted by molar-refractivity contribution is 7.89. The number of rotatable bonds is 7. The number of hydrogen-bond donors (Lipinski definition) is 1. The molecule has 3 rings (SSSR count). The molecular weight excluding hydrogens is 461 g/mol. The van der Waals surface area contributed by atoms with Gasteiger partial charge in [-0.15, -0.1) is 0 Å². The molecule has 7 nitrogen and oxygen atoms in total. The molecule has 0 spiro atoms. The van der Waals surface area contributed by atoms with E-state index in [9.17, 15) is 13.2 Å². The first-order chi connectivity index (χ1) is 14.7. The van der Waals surface area contributed by atoms with Gasteiger partial charge in [0.05, 0.1) is 34.9 Å². The van der Waals surface area contributed by atoms with Crippen molar-refractivity contribution in [2.45, 2.75) is 10.9 Å². The lowest BCUT2D eigenvalue weighted by atomic mass is 10.0. The Balaban J connectivity index is 1.84. The SMILES string of the molecule is CN(C)S(=O)(=O)c1cc(C(=O)NCC(c2ccccc2)N2CCOCC2)c(Cl)cc1Cl. The number of hydrogen-bond acceptors (Lipinski definition) is 5. The summed E-state index contributed by atoms with van der Waals surface area (Å²) in [7, 11) is -1.04. The minimum Gasteiger partial charge on any atom is -0.379 e. The van der Waals surface area contributed by atoms with Gasteiger partial charge in [-0.3, -0.25) is 9.69 Å². The smallest absolute Gasteiger partial charge is 0.252 e. The first-order valence-electron chi connectivity index (χ1n) is 9.78. The van der Waals surface area contributed by atoms with Gasteiger partial charge in [-0.1, -0.05) is 53.5 Å². The molecule has 1 aliphatic heterocycles. The normalized spacial score (nSPS) is 16.3. The number of carbonyl (C=O) groups is 1. The van der Waals surface area contributed by atoms with Gasteiger partial charge in [0.25, 0.3) is 5.91 Å². The number of nitrogens with one attached hydrogen (secondary N) is 1. The van der Waals surface area contributed by atoms with Crippen LogP contribution in [0.5, 0.6) is 0 Å². The van der Waals surface area contributed by atoms with E-state index in [1.807, 2.05) is 30.3 Å². The second-order valence-electron chi connectivity index (χ2n) is 7.33. The molecule has 1 unspecified atom stereocenters. The van der Waals surface area contributed by atoms with Gasteiger partial charge >= 0.3 is 0 Å². The summed E-state index contributed by atoms with van der Waals surface area (Å²) in [4.78, 5) is 15.0. The van der Waals surface area contributed by atoms with Crippen molar-refractivity contribution in [1.82, 2.24) is 14.5 Å². The molecule has 1 N–H and O–H groups in total. The van der Waals surface area contributed by atoms with Crippen LogP contribution in [0.4, 0.5) is 0 Å². The molecule has 0 aliphatic carbocycles.